The molecule has 4 nitrogen and oxygen atoms in total. The Morgan fingerprint density at radius 1 is 1.53 bits per heavy atom. The third-order valence-electron chi connectivity index (χ3n) is 3.21. The highest BCUT2D eigenvalue weighted by molar-refractivity contribution is 7.16. The predicted molar refractivity (Wildman–Crippen MR) is 79.2 cm³/mol. The summed E-state index contributed by atoms with van der Waals surface area (Å²) >= 11 is 3.06. The zero-order valence-corrected chi connectivity index (χ0v) is 12.5. The lowest BCUT2D eigenvalue weighted by molar-refractivity contribution is 0.103. The largest absolute Gasteiger partial charge is 0.301 e. The molecule has 1 amide bonds. The van der Waals surface area contributed by atoms with E-state index >= 15 is 0 Å². The average molecular weight is 293 g/mol. The van der Waals surface area contributed by atoms with Crippen molar-refractivity contribution in [3.8, 4) is 0 Å². The summed E-state index contributed by atoms with van der Waals surface area (Å²) in [5.41, 5.74) is 2.16. The first-order valence-electron chi connectivity index (χ1n) is 6.16. The van der Waals surface area contributed by atoms with Crippen molar-refractivity contribution in [3.05, 3.63) is 32.5 Å². The third-order valence-corrected chi connectivity index (χ3v) is 5.22. The van der Waals surface area contributed by atoms with E-state index in [1.807, 2.05) is 18.4 Å². The van der Waals surface area contributed by atoms with E-state index in [0.29, 0.717) is 0 Å². The summed E-state index contributed by atoms with van der Waals surface area (Å²) in [4.78, 5) is 21.0. The molecule has 0 unspecified atom stereocenters. The van der Waals surface area contributed by atoms with Crippen molar-refractivity contribution in [2.45, 2.75) is 19.9 Å². The van der Waals surface area contributed by atoms with Crippen molar-refractivity contribution in [1.29, 1.82) is 0 Å². The molecule has 19 heavy (non-hydrogen) atoms. The molecule has 0 saturated carbocycles. The summed E-state index contributed by atoms with van der Waals surface area (Å²) in [7, 11) is 2.11. The van der Waals surface area contributed by atoms with E-state index in [0.717, 1.165) is 40.8 Å². The monoisotopic (exact) mass is 293 g/mol. The summed E-state index contributed by atoms with van der Waals surface area (Å²) < 4.78 is 0. The van der Waals surface area contributed by atoms with Crippen molar-refractivity contribution in [3.63, 3.8) is 0 Å². The Morgan fingerprint density at radius 2 is 2.37 bits per heavy atom. The van der Waals surface area contributed by atoms with Gasteiger partial charge >= 0.3 is 0 Å². The molecule has 3 heterocycles. The second-order valence-corrected chi connectivity index (χ2v) is 6.76. The zero-order valence-electron chi connectivity index (χ0n) is 10.9. The number of rotatable bonds is 2. The normalized spacial score (nSPS) is 15.3. The number of nitrogens with zero attached hydrogens (tertiary/aromatic N) is 2. The van der Waals surface area contributed by atoms with Crippen molar-refractivity contribution in [2.24, 2.45) is 0 Å². The summed E-state index contributed by atoms with van der Waals surface area (Å²) in [5.74, 6) is -0.0491. The lowest BCUT2D eigenvalue weighted by Crippen LogP contribution is -2.25. The Balaban J connectivity index is 1.78. The van der Waals surface area contributed by atoms with Gasteiger partial charge in [-0.25, -0.2) is 4.98 Å². The van der Waals surface area contributed by atoms with Crippen LogP contribution < -0.4 is 5.32 Å². The van der Waals surface area contributed by atoms with Gasteiger partial charge in [-0.3, -0.25) is 10.1 Å². The Bertz CT molecular complexity index is 617. The number of carbonyl (C=O) groups is 1. The molecule has 0 aliphatic carbocycles. The first-order chi connectivity index (χ1) is 9.13. The fourth-order valence-corrected chi connectivity index (χ4v) is 4.04. The minimum Gasteiger partial charge on any atom is -0.301 e. The van der Waals surface area contributed by atoms with Crippen LogP contribution >= 0.6 is 22.7 Å². The summed E-state index contributed by atoms with van der Waals surface area (Å²) in [6.07, 6.45) is 0.968. The third kappa shape index (κ3) is 2.56. The van der Waals surface area contributed by atoms with E-state index in [1.165, 1.54) is 16.2 Å². The van der Waals surface area contributed by atoms with E-state index in [1.54, 1.807) is 11.3 Å². The van der Waals surface area contributed by atoms with Crippen LogP contribution in [-0.4, -0.2) is 29.4 Å². The number of hydrogen-bond donors (Lipinski definition) is 1. The number of amides is 1. The molecule has 0 aromatic carbocycles. The fourth-order valence-electron chi connectivity index (χ4n) is 2.14. The summed E-state index contributed by atoms with van der Waals surface area (Å²) in [6, 6.07) is 1.96. The van der Waals surface area contributed by atoms with Gasteiger partial charge in [0.2, 0.25) is 0 Å². The molecule has 0 saturated heterocycles. The Kier molecular flexibility index (Phi) is 3.38. The quantitative estimate of drug-likeness (QED) is 0.926. The molecule has 1 aliphatic rings. The highest BCUT2D eigenvalue weighted by Crippen LogP contribution is 2.28. The molecular formula is C13H15N3OS2. The lowest BCUT2D eigenvalue weighted by atomic mass is 10.2. The smallest absolute Gasteiger partial charge is 0.267 e. The van der Waals surface area contributed by atoms with Gasteiger partial charge in [0.05, 0.1) is 10.6 Å². The minimum atomic E-state index is -0.0491. The van der Waals surface area contributed by atoms with Crippen LogP contribution in [0.2, 0.25) is 0 Å². The van der Waals surface area contributed by atoms with Crippen LogP contribution in [0.3, 0.4) is 0 Å². The van der Waals surface area contributed by atoms with Gasteiger partial charge in [0, 0.05) is 24.4 Å². The molecule has 0 bridgehead atoms. The molecule has 6 heteroatoms. The molecule has 0 fully saturated rings. The number of aryl methyl sites for hydroxylation is 1. The number of nitrogens with one attached hydrogen (secondary N) is 1. The van der Waals surface area contributed by atoms with Crippen molar-refractivity contribution >= 4 is 33.7 Å². The van der Waals surface area contributed by atoms with Crippen LogP contribution in [0.4, 0.5) is 5.13 Å². The van der Waals surface area contributed by atoms with Crippen LogP contribution in [0.15, 0.2) is 11.4 Å². The number of likely N-dealkylation sites (N-methyl/N-ethyl adjacent to an activating group) is 1. The van der Waals surface area contributed by atoms with Crippen LogP contribution in [-0.2, 0) is 13.0 Å². The minimum absolute atomic E-state index is 0.0491. The Hall–Kier alpha value is -1.24. The van der Waals surface area contributed by atoms with Gasteiger partial charge in [0.25, 0.3) is 5.91 Å². The summed E-state index contributed by atoms with van der Waals surface area (Å²) in [5, 5.41) is 5.57. The van der Waals surface area contributed by atoms with Crippen molar-refractivity contribution in [1.82, 2.24) is 9.88 Å². The SMILES string of the molecule is Cc1ccsc1C(=O)Nc1nc2c(s1)CN(C)CC2. The molecule has 0 atom stereocenters. The highest BCUT2D eigenvalue weighted by atomic mass is 32.1. The number of aromatic nitrogens is 1. The van der Waals surface area contributed by atoms with Gasteiger partial charge in [-0.2, -0.15) is 0 Å². The molecule has 100 valence electrons. The second-order valence-electron chi connectivity index (χ2n) is 4.76. The van der Waals surface area contributed by atoms with E-state index < -0.39 is 0 Å². The van der Waals surface area contributed by atoms with Gasteiger partial charge in [-0.1, -0.05) is 0 Å². The van der Waals surface area contributed by atoms with Gasteiger partial charge < -0.3 is 4.90 Å². The number of carbonyl (C=O) groups excluding carboxylic acids is 1. The molecule has 2 aromatic heterocycles. The van der Waals surface area contributed by atoms with Gasteiger partial charge in [0.1, 0.15) is 0 Å². The number of hydrogen-bond acceptors (Lipinski definition) is 5. The van der Waals surface area contributed by atoms with E-state index in [4.69, 9.17) is 0 Å². The highest BCUT2D eigenvalue weighted by Gasteiger charge is 2.20. The van der Waals surface area contributed by atoms with Gasteiger partial charge in [-0.15, -0.1) is 22.7 Å². The molecule has 2 aromatic rings. The molecule has 1 N–H and O–H groups in total. The topological polar surface area (TPSA) is 45.2 Å². The first kappa shape index (κ1) is 12.8. The maximum absolute atomic E-state index is 12.1. The molecule has 1 aliphatic heterocycles. The van der Waals surface area contributed by atoms with Gasteiger partial charge in [0.15, 0.2) is 5.13 Å². The maximum Gasteiger partial charge on any atom is 0.267 e. The molecule has 3 rings (SSSR count). The van der Waals surface area contributed by atoms with E-state index in [2.05, 4.69) is 22.2 Å². The van der Waals surface area contributed by atoms with Crippen molar-refractivity contribution < 1.29 is 4.79 Å². The summed E-state index contributed by atoms with van der Waals surface area (Å²) in [6.45, 7) is 3.92. The molecular weight excluding hydrogens is 278 g/mol. The predicted octanol–water partition coefficient (Wildman–Crippen LogP) is 2.75. The first-order valence-corrected chi connectivity index (χ1v) is 7.85. The Morgan fingerprint density at radius 3 is 3.11 bits per heavy atom. The van der Waals surface area contributed by atoms with Crippen LogP contribution in [0.1, 0.15) is 25.8 Å². The second kappa shape index (κ2) is 5.03. The van der Waals surface area contributed by atoms with Crippen LogP contribution in [0.5, 0.6) is 0 Å². The number of thiophene rings is 1. The fraction of sp³-hybridized carbons (Fsp3) is 0.385. The number of thiazole rings is 1. The zero-order chi connectivity index (χ0) is 13.4. The van der Waals surface area contributed by atoms with Crippen LogP contribution in [0.25, 0.3) is 0 Å². The maximum atomic E-state index is 12.1. The molecule has 0 radical (unpaired) electrons. The van der Waals surface area contributed by atoms with Gasteiger partial charge in [-0.05, 0) is 31.0 Å². The average Bonchev–Trinajstić information content (AvgIpc) is 2.94. The van der Waals surface area contributed by atoms with Crippen molar-refractivity contribution in [2.75, 3.05) is 18.9 Å². The Labute approximate surface area is 120 Å². The van der Waals surface area contributed by atoms with Crippen LogP contribution in [0, 0.1) is 6.92 Å². The molecule has 0 spiro atoms. The number of anilines is 1. The number of fused-ring (bicyclic) bond motifs is 1. The van der Waals surface area contributed by atoms with E-state index in [-0.39, 0.29) is 5.91 Å². The standard InChI is InChI=1S/C13H15N3OS2/c1-8-4-6-18-11(8)12(17)15-13-14-9-3-5-16(2)7-10(9)19-13/h4,6H,3,5,7H2,1-2H3,(H,14,15,17). The van der Waals surface area contributed by atoms with E-state index in [9.17, 15) is 4.79 Å². The lowest BCUT2D eigenvalue weighted by Gasteiger charge is -2.20.